The van der Waals surface area contributed by atoms with Crippen LogP contribution in [0.15, 0.2) is 207 Å². The van der Waals surface area contributed by atoms with Gasteiger partial charge in [-0.3, -0.25) is 4.98 Å². The molecule has 0 bridgehead atoms. The molecule has 1 N–H and O–H groups in total. The Hall–Kier alpha value is -8.23. The third kappa shape index (κ3) is 7.07. The van der Waals surface area contributed by atoms with E-state index < -0.39 is 0 Å². The molecule has 0 amide bonds. The van der Waals surface area contributed by atoms with Gasteiger partial charge in [0.1, 0.15) is 17.1 Å². The Morgan fingerprint density at radius 1 is 0.322 bits per heavy atom. The van der Waals surface area contributed by atoms with Gasteiger partial charge in [0.25, 0.3) is 0 Å². The molecule has 280 valence electrons. The standard InChI is InChI=1S/C51H35N7O/c59-42-19-13-14-35(31-42)49-27-26-36(32-52-49)43-20-7-8-21-44(43)37-28-38(45-22-9-11-24-47(45)50-33-53-57(55-50)40-15-3-1-4-16-40)30-39(29-37)46-23-10-12-25-48(46)51-34-54-58(56-51)41-17-5-2-6-18-41/h1-34,59H. The molecule has 0 unspecified atom stereocenters. The summed E-state index contributed by atoms with van der Waals surface area (Å²) in [5.41, 5.74) is 15.1. The number of phenolic OH excluding ortho intramolecular Hbond substituents is 1. The Labute approximate surface area is 341 Å². The molecule has 0 fully saturated rings. The lowest BCUT2D eigenvalue weighted by Crippen LogP contribution is -1.98. The van der Waals surface area contributed by atoms with E-state index in [2.05, 4.69) is 95.1 Å². The minimum Gasteiger partial charge on any atom is -0.508 e. The number of pyridine rings is 1. The number of hydrogen-bond donors (Lipinski definition) is 1. The first-order valence-corrected chi connectivity index (χ1v) is 19.3. The van der Waals surface area contributed by atoms with Gasteiger partial charge in [-0.15, -0.1) is 10.2 Å². The maximum atomic E-state index is 10.1. The molecule has 0 aliphatic carbocycles. The predicted molar refractivity (Wildman–Crippen MR) is 234 cm³/mol. The van der Waals surface area contributed by atoms with E-state index in [-0.39, 0.29) is 5.75 Å². The quantitative estimate of drug-likeness (QED) is 0.157. The van der Waals surface area contributed by atoms with Crippen molar-refractivity contribution in [1.29, 1.82) is 0 Å². The van der Waals surface area contributed by atoms with Gasteiger partial charge in [-0.2, -0.15) is 19.8 Å². The van der Waals surface area contributed by atoms with Gasteiger partial charge in [-0.1, -0.05) is 127 Å². The highest BCUT2D eigenvalue weighted by Crippen LogP contribution is 2.42. The van der Waals surface area contributed by atoms with E-state index in [4.69, 9.17) is 15.2 Å². The fraction of sp³-hybridized carbons (Fsp3) is 0. The van der Waals surface area contributed by atoms with Gasteiger partial charge < -0.3 is 5.11 Å². The highest BCUT2D eigenvalue weighted by molar-refractivity contribution is 5.93. The first-order chi connectivity index (χ1) is 29.1. The molecule has 0 atom stereocenters. The molecule has 7 aromatic carbocycles. The van der Waals surface area contributed by atoms with Gasteiger partial charge in [0, 0.05) is 28.5 Å². The van der Waals surface area contributed by atoms with Crippen molar-refractivity contribution in [2.75, 3.05) is 0 Å². The van der Waals surface area contributed by atoms with Crippen LogP contribution in [0.25, 0.3) is 89.7 Å². The molecule has 59 heavy (non-hydrogen) atoms. The van der Waals surface area contributed by atoms with E-state index in [1.807, 2.05) is 110 Å². The lowest BCUT2D eigenvalue weighted by molar-refractivity contribution is 0.475. The molecular weight excluding hydrogens is 727 g/mol. The zero-order valence-corrected chi connectivity index (χ0v) is 31.7. The topological polar surface area (TPSA) is 94.5 Å². The fourth-order valence-corrected chi connectivity index (χ4v) is 7.53. The van der Waals surface area contributed by atoms with Crippen LogP contribution in [0.5, 0.6) is 5.75 Å². The van der Waals surface area contributed by atoms with Crippen LogP contribution >= 0.6 is 0 Å². The zero-order chi connectivity index (χ0) is 39.5. The predicted octanol–water partition coefficient (Wildman–Crippen LogP) is 11.6. The molecule has 0 saturated carbocycles. The van der Waals surface area contributed by atoms with Crippen LogP contribution in [-0.2, 0) is 0 Å². The third-order valence-electron chi connectivity index (χ3n) is 10.4. The normalized spacial score (nSPS) is 11.1. The van der Waals surface area contributed by atoms with Gasteiger partial charge in [-0.05, 0) is 99.6 Å². The second-order valence-corrected chi connectivity index (χ2v) is 14.1. The summed E-state index contributed by atoms with van der Waals surface area (Å²) in [5, 5.41) is 29.3. The van der Waals surface area contributed by atoms with E-state index in [0.29, 0.717) is 0 Å². The number of phenols is 1. The Morgan fingerprint density at radius 3 is 1.22 bits per heavy atom. The fourth-order valence-electron chi connectivity index (χ4n) is 7.53. The van der Waals surface area contributed by atoms with Crippen molar-refractivity contribution in [3.05, 3.63) is 207 Å². The average Bonchev–Trinajstić information content (AvgIpc) is 4.02. The Balaban J connectivity index is 1.13. The van der Waals surface area contributed by atoms with Crippen molar-refractivity contribution in [2.45, 2.75) is 0 Å². The van der Waals surface area contributed by atoms with Crippen LogP contribution in [0.4, 0.5) is 0 Å². The third-order valence-corrected chi connectivity index (χ3v) is 10.4. The summed E-state index contributed by atoms with van der Waals surface area (Å²) >= 11 is 0. The van der Waals surface area contributed by atoms with Crippen LogP contribution in [-0.4, -0.2) is 40.1 Å². The molecule has 10 aromatic rings. The van der Waals surface area contributed by atoms with Crippen molar-refractivity contribution in [1.82, 2.24) is 35.0 Å². The van der Waals surface area contributed by atoms with E-state index in [1.165, 1.54) is 0 Å². The van der Waals surface area contributed by atoms with Crippen LogP contribution < -0.4 is 0 Å². The van der Waals surface area contributed by atoms with Crippen LogP contribution in [0.1, 0.15) is 0 Å². The second kappa shape index (κ2) is 15.4. The van der Waals surface area contributed by atoms with Crippen molar-refractivity contribution in [3.8, 4) is 95.4 Å². The first kappa shape index (κ1) is 35.2. The van der Waals surface area contributed by atoms with Crippen LogP contribution in [0.2, 0.25) is 0 Å². The molecule has 3 aromatic heterocycles. The maximum absolute atomic E-state index is 10.1. The van der Waals surface area contributed by atoms with E-state index in [9.17, 15) is 5.11 Å². The van der Waals surface area contributed by atoms with Crippen LogP contribution in [0.3, 0.4) is 0 Å². The molecule has 0 spiro atoms. The van der Waals surface area contributed by atoms with Crippen molar-refractivity contribution in [3.63, 3.8) is 0 Å². The number of nitrogens with zero attached hydrogens (tertiary/aromatic N) is 7. The molecule has 0 aliphatic rings. The number of rotatable bonds is 9. The number of aromatic hydroxyl groups is 1. The van der Waals surface area contributed by atoms with E-state index in [0.717, 1.165) is 89.7 Å². The average molecular weight is 762 g/mol. The van der Waals surface area contributed by atoms with Gasteiger partial charge in [-0.25, -0.2) is 0 Å². The van der Waals surface area contributed by atoms with Crippen molar-refractivity contribution in [2.24, 2.45) is 0 Å². The van der Waals surface area contributed by atoms with Gasteiger partial charge >= 0.3 is 0 Å². The number of hydrogen-bond acceptors (Lipinski definition) is 6. The molecule has 8 nitrogen and oxygen atoms in total. The highest BCUT2D eigenvalue weighted by Gasteiger charge is 2.18. The highest BCUT2D eigenvalue weighted by atomic mass is 16.3. The number of benzene rings is 7. The summed E-state index contributed by atoms with van der Waals surface area (Å²) in [7, 11) is 0. The van der Waals surface area contributed by atoms with Gasteiger partial charge in [0.05, 0.1) is 29.5 Å². The van der Waals surface area contributed by atoms with E-state index >= 15 is 0 Å². The summed E-state index contributed by atoms with van der Waals surface area (Å²) in [6.45, 7) is 0. The molecule has 0 radical (unpaired) electrons. The minimum absolute atomic E-state index is 0.208. The molecular formula is C51H35N7O. The maximum Gasteiger partial charge on any atom is 0.116 e. The SMILES string of the molecule is Oc1cccc(-c2ccc(-c3ccccc3-c3cc(-c4ccccc4-c4cnn(-c5ccccc5)n4)cc(-c4ccccc4-c4cnn(-c5ccccc5)n4)c3)cn2)c1. The van der Waals surface area contributed by atoms with Crippen molar-refractivity contribution < 1.29 is 5.11 Å². The number of aromatic nitrogens is 7. The molecule has 8 heteroatoms. The Morgan fingerprint density at radius 2 is 0.763 bits per heavy atom. The lowest BCUT2D eigenvalue weighted by Gasteiger charge is -2.17. The Bertz CT molecular complexity index is 2920. The largest absolute Gasteiger partial charge is 0.508 e. The summed E-state index contributed by atoms with van der Waals surface area (Å²) in [5.74, 6) is 0.208. The first-order valence-electron chi connectivity index (χ1n) is 19.3. The molecule has 0 saturated heterocycles. The second-order valence-electron chi connectivity index (χ2n) is 14.1. The summed E-state index contributed by atoms with van der Waals surface area (Å²) in [4.78, 5) is 8.17. The van der Waals surface area contributed by atoms with Crippen LogP contribution in [0, 0.1) is 0 Å². The van der Waals surface area contributed by atoms with Crippen molar-refractivity contribution >= 4 is 0 Å². The smallest absolute Gasteiger partial charge is 0.116 e. The number of para-hydroxylation sites is 2. The molecule has 10 rings (SSSR count). The summed E-state index contributed by atoms with van der Waals surface area (Å²) in [6.07, 6.45) is 5.55. The lowest BCUT2D eigenvalue weighted by atomic mass is 9.87. The van der Waals surface area contributed by atoms with E-state index in [1.54, 1.807) is 21.7 Å². The van der Waals surface area contributed by atoms with Gasteiger partial charge in [0.15, 0.2) is 0 Å². The monoisotopic (exact) mass is 761 g/mol. The van der Waals surface area contributed by atoms with Gasteiger partial charge in [0.2, 0.25) is 0 Å². The molecule has 3 heterocycles. The minimum atomic E-state index is 0.208. The molecule has 0 aliphatic heterocycles. The Kier molecular flexibility index (Phi) is 9.17. The summed E-state index contributed by atoms with van der Waals surface area (Å²) < 4.78 is 0. The summed E-state index contributed by atoms with van der Waals surface area (Å²) in [6, 6.07) is 63.0. The zero-order valence-electron chi connectivity index (χ0n) is 31.7.